The van der Waals surface area contributed by atoms with Gasteiger partial charge in [0.2, 0.25) is 5.78 Å². The Kier molecular flexibility index (Phi) is 3.18. The summed E-state index contributed by atoms with van der Waals surface area (Å²) in [6.45, 7) is 0. The van der Waals surface area contributed by atoms with Crippen molar-refractivity contribution in [1.29, 1.82) is 0 Å². The zero-order chi connectivity index (χ0) is 12.3. The average molecular weight is 234 g/mol. The van der Waals surface area contributed by atoms with E-state index in [9.17, 15) is 13.6 Å². The summed E-state index contributed by atoms with van der Waals surface area (Å²) in [5, 5.41) is 0. The highest BCUT2D eigenvalue weighted by Gasteiger charge is 2.10. The predicted octanol–water partition coefficient (Wildman–Crippen LogP) is 2.18. The molecule has 0 amide bonds. The summed E-state index contributed by atoms with van der Waals surface area (Å²) >= 11 is 0. The summed E-state index contributed by atoms with van der Waals surface area (Å²) in [5.74, 6) is -1.75. The molecule has 2 aromatic rings. The highest BCUT2D eigenvalue weighted by atomic mass is 19.1. The third-order valence-corrected chi connectivity index (χ3v) is 2.10. The largest absolute Gasteiger partial charge is 0.290 e. The Balaban J connectivity index is 2.19. The summed E-state index contributed by atoms with van der Waals surface area (Å²) in [7, 11) is 0. The van der Waals surface area contributed by atoms with Crippen molar-refractivity contribution in [3.8, 4) is 0 Å². The minimum absolute atomic E-state index is 0.0390. The molecule has 0 bridgehead atoms. The molecular formula is C12H8F2N2O. The molecule has 0 aliphatic rings. The minimum Gasteiger partial charge on any atom is -0.290 e. The van der Waals surface area contributed by atoms with Crippen LogP contribution in [0.25, 0.3) is 0 Å². The van der Waals surface area contributed by atoms with Crippen molar-refractivity contribution in [1.82, 2.24) is 9.97 Å². The number of carbonyl (C=O) groups excluding carboxylic acids is 1. The summed E-state index contributed by atoms with van der Waals surface area (Å²) < 4.78 is 25.8. The molecule has 5 heteroatoms. The number of benzene rings is 1. The van der Waals surface area contributed by atoms with E-state index in [1.54, 1.807) is 6.07 Å². The quantitative estimate of drug-likeness (QED) is 0.764. The van der Waals surface area contributed by atoms with Gasteiger partial charge in [0.05, 0.1) is 0 Å². The molecule has 1 heterocycles. The van der Waals surface area contributed by atoms with Gasteiger partial charge in [-0.25, -0.2) is 18.7 Å². The molecule has 0 N–H and O–H groups in total. The van der Waals surface area contributed by atoms with E-state index in [1.807, 2.05) is 0 Å². The van der Waals surface area contributed by atoms with Crippen molar-refractivity contribution in [2.75, 3.05) is 0 Å². The van der Waals surface area contributed by atoms with Crippen LogP contribution >= 0.6 is 0 Å². The second-order valence-electron chi connectivity index (χ2n) is 3.45. The third kappa shape index (κ3) is 2.90. The Hall–Kier alpha value is -2.17. The number of ketones is 1. The molecule has 0 unspecified atom stereocenters. The molecule has 0 fully saturated rings. The van der Waals surface area contributed by atoms with E-state index in [-0.39, 0.29) is 23.6 Å². The van der Waals surface area contributed by atoms with Gasteiger partial charge in [0.15, 0.2) is 5.82 Å². The van der Waals surface area contributed by atoms with Gasteiger partial charge in [-0.2, -0.15) is 0 Å². The summed E-state index contributed by atoms with van der Waals surface area (Å²) in [6, 6.07) is 4.57. The fourth-order valence-electron chi connectivity index (χ4n) is 1.42. The van der Waals surface area contributed by atoms with Crippen LogP contribution < -0.4 is 0 Å². The molecule has 3 nitrogen and oxygen atoms in total. The number of carbonyl (C=O) groups is 1. The standard InChI is InChI=1S/C12H8F2N2O/c13-9-4-8(5-10(14)7-9)6-11(17)12-15-2-1-3-16-12/h1-5,7H,6H2. The Morgan fingerprint density at radius 2 is 1.65 bits per heavy atom. The summed E-state index contributed by atoms with van der Waals surface area (Å²) in [6.07, 6.45) is 2.75. The topological polar surface area (TPSA) is 42.9 Å². The zero-order valence-corrected chi connectivity index (χ0v) is 8.73. The second-order valence-corrected chi connectivity index (χ2v) is 3.45. The van der Waals surface area contributed by atoms with Crippen LogP contribution in [0.5, 0.6) is 0 Å². The lowest BCUT2D eigenvalue weighted by Gasteiger charge is -2.00. The van der Waals surface area contributed by atoms with E-state index >= 15 is 0 Å². The van der Waals surface area contributed by atoms with Gasteiger partial charge in [0, 0.05) is 24.9 Å². The van der Waals surface area contributed by atoms with Crippen molar-refractivity contribution >= 4 is 5.78 Å². The van der Waals surface area contributed by atoms with E-state index in [0.29, 0.717) is 0 Å². The number of nitrogens with zero attached hydrogens (tertiary/aromatic N) is 2. The van der Waals surface area contributed by atoms with Gasteiger partial charge in [-0.3, -0.25) is 4.79 Å². The molecule has 1 aromatic heterocycles. The number of hydrogen-bond donors (Lipinski definition) is 0. The Morgan fingerprint density at radius 1 is 1.06 bits per heavy atom. The fraction of sp³-hybridized carbons (Fsp3) is 0.0833. The molecule has 0 radical (unpaired) electrons. The molecule has 0 aliphatic heterocycles. The normalized spacial score (nSPS) is 10.2. The SMILES string of the molecule is O=C(Cc1cc(F)cc(F)c1)c1ncccn1. The van der Waals surface area contributed by atoms with E-state index in [1.165, 1.54) is 12.4 Å². The average Bonchev–Trinajstić information content (AvgIpc) is 2.28. The Labute approximate surface area is 96.2 Å². The maximum absolute atomic E-state index is 12.9. The van der Waals surface area contributed by atoms with Gasteiger partial charge in [0.1, 0.15) is 11.6 Å². The maximum atomic E-state index is 12.9. The predicted molar refractivity (Wildman–Crippen MR) is 56.4 cm³/mol. The van der Waals surface area contributed by atoms with Crippen LogP contribution in [0.1, 0.15) is 16.2 Å². The van der Waals surface area contributed by atoms with Gasteiger partial charge >= 0.3 is 0 Å². The van der Waals surface area contributed by atoms with E-state index in [4.69, 9.17) is 0 Å². The molecule has 86 valence electrons. The molecule has 0 saturated carbocycles. The van der Waals surface area contributed by atoms with Crippen molar-refractivity contribution in [2.45, 2.75) is 6.42 Å². The molecule has 0 aliphatic carbocycles. The van der Waals surface area contributed by atoms with Crippen LogP contribution in [0.2, 0.25) is 0 Å². The molecule has 0 spiro atoms. The molecule has 17 heavy (non-hydrogen) atoms. The molecule has 1 aromatic carbocycles. The fourth-order valence-corrected chi connectivity index (χ4v) is 1.42. The number of aromatic nitrogens is 2. The number of rotatable bonds is 3. The maximum Gasteiger partial charge on any atom is 0.204 e. The van der Waals surface area contributed by atoms with Gasteiger partial charge in [-0.1, -0.05) is 0 Å². The molecule has 0 atom stereocenters. The number of Topliss-reactive ketones (excluding diaryl/α,β-unsaturated/α-hetero) is 1. The lowest BCUT2D eigenvalue weighted by Crippen LogP contribution is -2.08. The highest BCUT2D eigenvalue weighted by Crippen LogP contribution is 2.10. The zero-order valence-electron chi connectivity index (χ0n) is 8.73. The van der Waals surface area contributed by atoms with Crippen LogP contribution in [0.3, 0.4) is 0 Å². The highest BCUT2D eigenvalue weighted by molar-refractivity contribution is 5.93. The van der Waals surface area contributed by atoms with Crippen molar-refractivity contribution in [3.63, 3.8) is 0 Å². The van der Waals surface area contributed by atoms with Gasteiger partial charge in [-0.05, 0) is 23.8 Å². The van der Waals surface area contributed by atoms with Crippen molar-refractivity contribution in [2.24, 2.45) is 0 Å². The van der Waals surface area contributed by atoms with Gasteiger partial charge in [0.25, 0.3) is 0 Å². The van der Waals surface area contributed by atoms with Crippen molar-refractivity contribution in [3.05, 3.63) is 59.7 Å². The summed E-state index contributed by atoms with van der Waals surface area (Å²) in [5.41, 5.74) is 0.264. The first-order valence-electron chi connectivity index (χ1n) is 4.90. The van der Waals surface area contributed by atoms with E-state index in [2.05, 4.69) is 9.97 Å². The van der Waals surface area contributed by atoms with Crippen LogP contribution in [-0.4, -0.2) is 15.8 Å². The monoisotopic (exact) mass is 234 g/mol. The van der Waals surface area contributed by atoms with Gasteiger partial charge in [-0.15, -0.1) is 0 Å². The van der Waals surface area contributed by atoms with E-state index in [0.717, 1.165) is 18.2 Å². The van der Waals surface area contributed by atoms with Crippen molar-refractivity contribution < 1.29 is 13.6 Å². The Bertz CT molecular complexity index is 523. The summed E-state index contributed by atoms with van der Waals surface area (Å²) in [4.78, 5) is 19.2. The van der Waals surface area contributed by atoms with Gasteiger partial charge < -0.3 is 0 Å². The Morgan fingerprint density at radius 3 is 2.24 bits per heavy atom. The molecule has 2 rings (SSSR count). The molecular weight excluding hydrogens is 226 g/mol. The van der Waals surface area contributed by atoms with Crippen LogP contribution in [-0.2, 0) is 6.42 Å². The smallest absolute Gasteiger partial charge is 0.204 e. The minimum atomic E-state index is -0.707. The molecule has 0 saturated heterocycles. The first kappa shape index (κ1) is 11.3. The van der Waals surface area contributed by atoms with Crippen LogP contribution in [0.4, 0.5) is 8.78 Å². The first-order valence-corrected chi connectivity index (χ1v) is 4.90. The van der Waals surface area contributed by atoms with Crippen LogP contribution in [0.15, 0.2) is 36.7 Å². The lowest BCUT2D eigenvalue weighted by atomic mass is 10.1. The third-order valence-electron chi connectivity index (χ3n) is 2.10. The number of halogens is 2. The number of hydrogen-bond acceptors (Lipinski definition) is 3. The van der Waals surface area contributed by atoms with E-state index < -0.39 is 11.6 Å². The lowest BCUT2D eigenvalue weighted by molar-refractivity contribution is 0.0983. The first-order chi connectivity index (χ1) is 8.15. The second kappa shape index (κ2) is 4.78. The van der Waals surface area contributed by atoms with Crippen LogP contribution in [0, 0.1) is 11.6 Å².